The summed E-state index contributed by atoms with van der Waals surface area (Å²) in [5, 5.41) is 5.34. The van der Waals surface area contributed by atoms with E-state index in [0.717, 1.165) is 11.1 Å². The first-order valence-electron chi connectivity index (χ1n) is 7.22. The van der Waals surface area contributed by atoms with Gasteiger partial charge in [0.2, 0.25) is 5.91 Å². The molecule has 3 aromatic rings. The van der Waals surface area contributed by atoms with Crippen LogP contribution in [0.1, 0.15) is 16.1 Å². The van der Waals surface area contributed by atoms with Crippen LogP contribution in [-0.4, -0.2) is 22.9 Å². The molecule has 0 aliphatic carbocycles. The number of aromatic nitrogens is 1. The van der Waals surface area contributed by atoms with Gasteiger partial charge in [-0.15, -0.1) is 0 Å². The summed E-state index contributed by atoms with van der Waals surface area (Å²) in [6.07, 6.45) is 1.57. The van der Waals surface area contributed by atoms with Crippen LogP contribution in [0.3, 0.4) is 0 Å². The number of amides is 2. The molecule has 0 saturated carbocycles. The molecule has 0 radical (unpaired) electrons. The van der Waals surface area contributed by atoms with Crippen LogP contribution in [0.5, 0.6) is 0 Å². The van der Waals surface area contributed by atoms with E-state index in [2.05, 4.69) is 10.6 Å². The molecular formula is C17H17N3O3. The van der Waals surface area contributed by atoms with Crippen molar-refractivity contribution >= 4 is 28.6 Å². The maximum Gasteiger partial charge on any atom is 0.268 e. The Labute approximate surface area is 133 Å². The standard InChI is InChI=1S/C17H17N3O3/c1-11-3-5-12(6-4-11)19-16(21)10-18-17(22)14-9-15-13(20(14)2)7-8-23-15/h3-9H,10H2,1-2H3,(H,18,22)(H,19,21). The number of carbonyl (C=O) groups is 2. The first kappa shape index (κ1) is 14.9. The van der Waals surface area contributed by atoms with Gasteiger partial charge in [0, 0.05) is 24.9 Å². The van der Waals surface area contributed by atoms with Crippen LogP contribution in [0.4, 0.5) is 5.69 Å². The highest BCUT2D eigenvalue weighted by Crippen LogP contribution is 2.19. The van der Waals surface area contributed by atoms with Crippen LogP contribution in [0.2, 0.25) is 0 Å². The van der Waals surface area contributed by atoms with Crippen molar-refractivity contribution in [1.29, 1.82) is 0 Å². The second-order valence-corrected chi connectivity index (χ2v) is 5.36. The van der Waals surface area contributed by atoms with Crippen molar-refractivity contribution in [1.82, 2.24) is 9.88 Å². The SMILES string of the molecule is Cc1ccc(NC(=O)CNC(=O)c2cc3occc3n2C)cc1. The molecule has 0 saturated heterocycles. The van der Waals surface area contributed by atoms with Gasteiger partial charge in [-0.25, -0.2) is 0 Å². The molecule has 0 unspecified atom stereocenters. The van der Waals surface area contributed by atoms with E-state index in [4.69, 9.17) is 4.42 Å². The molecule has 0 bridgehead atoms. The number of hydrogen-bond donors (Lipinski definition) is 2. The molecule has 2 N–H and O–H groups in total. The molecule has 0 aliphatic heterocycles. The fourth-order valence-corrected chi connectivity index (χ4v) is 2.36. The van der Waals surface area contributed by atoms with E-state index in [1.54, 1.807) is 30.0 Å². The van der Waals surface area contributed by atoms with Crippen LogP contribution in [0, 0.1) is 6.92 Å². The van der Waals surface area contributed by atoms with Crippen LogP contribution in [-0.2, 0) is 11.8 Å². The van der Waals surface area contributed by atoms with Crippen molar-refractivity contribution < 1.29 is 14.0 Å². The predicted molar refractivity (Wildman–Crippen MR) is 87.3 cm³/mol. The van der Waals surface area contributed by atoms with E-state index in [1.165, 1.54) is 0 Å². The number of furan rings is 1. The van der Waals surface area contributed by atoms with Gasteiger partial charge in [0.1, 0.15) is 5.69 Å². The fourth-order valence-electron chi connectivity index (χ4n) is 2.36. The molecule has 118 valence electrons. The van der Waals surface area contributed by atoms with Crippen LogP contribution in [0.25, 0.3) is 11.1 Å². The average molecular weight is 311 g/mol. The Morgan fingerprint density at radius 1 is 1.17 bits per heavy atom. The molecule has 0 atom stereocenters. The Morgan fingerprint density at radius 3 is 2.61 bits per heavy atom. The lowest BCUT2D eigenvalue weighted by Crippen LogP contribution is -2.33. The Hall–Kier alpha value is -3.02. The van der Waals surface area contributed by atoms with Gasteiger partial charge in [0.05, 0.1) is 18.3 Å². The number of carbonyl (C=O) groups excluding carboxylic acids is 2. The third kappa shape index (κ3) is 3.11. The van der Waals surface area contributed by atoms with E-state index in [1.807, 2.05) is 31.2 Å². The minimum absolute atomic E-state index is 0.0980. The molecule has 3 rings (SSSR count). The minimum Gasteiger partial charge on any atom is -0.463 e. The molecule has 0 aliphatic rings. The molecule has 0 spiro atoms. The van der Waals surface area contributed by atoms with Crippen molar-refractivity contribution in [3.8, 4) is 0 Å². The molecule has 6 nitrogen and oxygen atoms in total. The van der Waals surface area contributed by atoms with Crippen LogP contribution < -0.4 is 10.6 Å². The monoisotopic (exact) mass is 311 g/mol. The molecule has 2 aromatic heterocycles. The normalized spacial score (nSPS) is 10.7. The first-order chi connectivity index (χ1) is 11.0. The highest BCUT2D eigenvalue weighted by molar-refractivity contribution is 6.00. The maximum absolute atomic E-state index is 12.2. The second-order valence-electron chi connectivity index (χ2n) is 5.36. The Kier molecular flexibility index (Phi) is 3.89. The zero-order valence-electron chi connectivity index (χ0n) is 12.9. The van der Waals surface area contributed by atoms with Crippen molar-refractivity contribution in [2.24, 2.45) is 7.05 Å². The molecular weight excluding hydrogens is 294 g/mol. The van der Waals surface area contributed by atoms with Crippen LogP contribution >= 0.6 is 0 Å². The number of nitrogens with zero attached hydrogens (tertiary/aromatic N) is 1. The third-order valence-electron chi connectivity index (χ3n) is 3.64. The van der Waals surface area contributed by atoms with Gasteiger partial charge in [0.25, 0.3) is 5.91 Å². The van der Waals surface area contributed by atoms with Gasteiger partial charge in [-0.1, -0.05) is 17.7 Å². The largest absolute Gasteiger partial charge is 0.463 e. The molecule has 0 fully saturated rings. The molecule has 6 heteroatoms. The van der Waals surface area contributed by atoms with E-state index in [0.29, 0.717) is 17.0 Å². The third-order valence-corrected chi connectivity index (χ3v) is 3.64. The van der Waals surface area contributed by atoms with Gasteiger partial charge in [-0.3, -0.25) is 9.59 Å². The molecule has 23 heavy (non-hydrogen) atoms. The summed E-state index contributed by atoms with van der Waals surface area (Å²) in [5.74, 6) is -0.599. The number of rotatable bonds is 4. The minimum atomic E-state index is -0.321. The summed E-state index contributed by atoms with van der Waals surface area (Å²) in [6.45, 7) is 1.88. The molecule has 2 amide bonds. The maximum atomic E-state index is 12.2. The molecule has 1 aromatic carbocycles. The van der Waals surface area contributed by atoms with Crippen molar-refractivity contribution in [2.45, 2.75) is 6.92 Å². The quantitative estimate of drug-likeness (QED) is 0.777. The van der Waals surface area contributed by atoms with Crippen LogP contribution in [0.15, 0.2) is 47.1 Å². The smallest absolute Gasteiger partial charge is 0.268 e. The number of anilines is 1. The zero-order valence-corrected chi connectivity index (χ0v) is 12.9. The van der Waals surface area contributed by atoms with Gasteiger partial charge in [-0.2, -0.15) is 0 Å². The summed E-state index contributed by atoms with van der Waals surface area (Å²) >= 11 is 0. The number of fused-ring (bicyclic) bond motifs is 1. The van der Waals surface area contributed by atoms with Crippen molar-refractivity contribution in [2.75, 3.05) is 11.9 Å². The van der Waals surface area contributed by atoms with Gasteiger partial charge in [0.15, 0.2) is 5.58 Å². The van der Waals surface area contributed by atoms with Gasteiger partial charge in [-0.05, 0) is 19.1 Å². The van der Waals surface area contributed by atoms with E-state index in [-0.39, 0.29) is 18.4 Å². The number of nitrogens with one attached hydrogen (secondary N) is 2. The van der Waals surface area contributed by atoms with Gasteiger partial charge >= 0.3 is 0 Å². The Morgan fingerprint density at radius 2 is 1.91 bits per heavy atom. The van der Waals surface area contributed by atoms with E-state index >= 15 is 0 Å². The lowest BCUT2D eigenvalue weighted by molar-refractivity contribution is -0.115. The Balaban J connectivity index is 1.60. The number of hydrogen-bond acceptors (Lipinski definition) is 3. The fraction of sp³-hybridized carbons (Fsp3) is 0.176. The predicted octanol–water partition coefficient (Wildman–Crippen LogP) is 2.45. The summed E-state index contributed by atoms with van der Waals surface area (Å²) < 4.78 is 6.99. The van der Waals surface area contributed by atoms with E-state index in [9.17, 15) is 9.59 Å². The summed E-state index contributed by atoms with van der Waals surface area (Å²) in [4.78, 5) is 24.1. The van der Waals surface area contributed by atoms with Gasteiger partial charge < -0.3 is 19.6 Å². The Bertz CT molecular complexity index is 859. The van der Waals surface area contributed by atoms with Crippen molar-refractivity contribution in [3.05, 3.63) is 53.9 Å². The lowest BCUT2D eigenvalue weighted by Gasteiger charge is -2.08. The average Bonchev–Trinajstić information content (AvgIpc) is 3.11. The first-order valence-corrected chi connectivity index (χ1v) is 7.22. The highest BCUT2D eigenvalue weighted by atomic mass is 16.3. The topological polar surface area (TPSA) is 76.3 Å². The number of aryl methyl sites for hydroxylation is 2. The number of benzene rings is 1. The highest BCUT2D eigenvalue weighted by Gasteiger charge is 2.15. The zero-order chi connectivity index (χ0) is 16.4. The summed E-state index contributed by atoms with van der Waals surface area (Å²) in [6, 6.07) is 10.9. The summed E-state index contributed by atoms with van der Waals surface area (Å²) in [7, 11) is 1.78. The molecule has 2 heterocycles. The second kappa shape index (κ2) is 6.00. The van der Waals surface area contributed by atoms with E-state index < -0.39 is 0 Å². The lowest BCUT2D eigenvalue weighted by atomic mass is 10.2. The summed E-state index contributed by atoms with van der Waals surface area (Å²) in [5.41, 5.74) is 3.74. The van der Waals surface area contributed by atoms with Crippen molar-refractivity contribution in [3.63, 3.8) is 0 Å².